The van der Waals surface area contributed by atoms with Gasteiger partial charge in [-0.1, -0.05) is 28.8 Å². The molecule has 2 N–H and O–H groups in total. The summed E-state index contributed by atoms with van der Waals surface area (Å²) in [6.45, 7) is 2.64. The topological polar surface area (TPSA) is 27.8 Å². The minimum atomic E-state index is -0.238. The van der Waals surface area contributed by atoms with Crippen LogP contribution in [-0.4, -0.2) is 11.5 Å². The fourth-order valence-corrected chi connectivity index (χ4v) is 2.90. The van der Waals surface area contributed by atoms with Crippen molar-refractivity contribution in [1.82, 2.24) is 4.98 Å². The quantitative estimate of drug-likeness (QED) is 0.617. The molecule has 0 radical (unpaired) electrons. The Morgan fingerprint density at radius 1 is 1.17 bits per heavy atom. The number of aryl methyl sites for hydroxylation is 1. The molecule has 1 aromatic heterocycles. The molecule has 3 rings (SSSR count). The van der Waals surface area contributed by atoms with E-state index in [9.17, 15) is 4.39 Å². The average Bonchev–Trinajstić information content (AvgIpc) is 2.90. The van der Waals surface area contributed by atoms with E-state index in [1.54, 1.807) is 12.1 Å². The molecule has 0 saturated carbocycles. The summed E-state index contributed by atoms with van der Waals surface area (Å²) in [6.07, 6.45) is 0.922. The van der Waals surface area contributed by atoms with Gasteiger partial charge in [0.2, 0.25) is 0 Å². The van der Waals surface area contributed by atoms with Crippen molar-refractivity contribution >= 4 is 32.5 Å². The van der Waals surface area contributed by atoms with Gasteiger partial charge in [-0.2, -0.15) is 0 Å². The number of nitrogens with one attached hydrogen (secondary N) is 2. The van der Waals surface area contributed by atoms with Gasteiger partial charge in [0.25, 0.3) is 0 Å². The molecule has 3 aromatic rings. The molecule has 0 fully saturated rings. The van der Waals surface area contributed by atoms with Gasteiger partial charge in [0.1, 0.15) is 5.82 Å². The summed E-state index contributed by atoms with van der Waals surface area (Å²) in [7, 11) is 0. The zero-order valence-electron chi connectivity index (χ0n) is 12.7. The highest BCUT2D eigenvalue weighted by Gasteiger charge is 2.08. The molecular formula is C19H16BrFN2. The molecule has 0 amide bonds. The smallest absolute Gasteiger partial charge is 0.123 e. The molecule has 0 aliphatic rings. The summed E-state index contributed by atoms with van der Waals surface area (Å²) in [4.78, 5) is 3.38. The van der Waals surface area contributed by atoms with Gasteiger partial charge in [-0.25, -0.2) is 4.39 Å². The zero-order valence-corrected chi connectivity index (χ0v) is 14.3. The third-order valence-electron chi connectivity index (χ3n) is 3.66. The van der Waals surface area contributed by atoms with Crippen LogP contribution in [0.25, 0.3) is 10.9 Å². The molecule has 0 aliphatic carbocycles. The number of benzene rings is 2. The SMILES string of the molecule is CCc1c(C#CCNc2ccc(F)cc2)[nH]c2ccc(Br)cc12. The first-order valence-corrected chi connectivity index (χ1v) is 8.25. The Morgan fingerprint density at radius 3 is 2.70 bits per heavy atom. The fourth-order valence-electron chi connectivity index (χ4n) is 2.54. The van der Waals surface area contributed by atoms with Gasteiger partial charge in [-0.15, -0.1) is 0 Å². The van der Waals surface area contributed by atoms with Crippen molar-refractivity contribution in [3.8, 4) is 11.8 Å². The molecule has 0 saturated heterocycles. The molecule has 0 atom stereocenters. The maximum Gasteiger partial charge on any atom is 0.123 e. The summed E-state index contributed by atoms with van der Waals surface area (Å²) in [5.74, 6) is 6.08. The predicted octanol–water partition coefficient (Wildman–Crippen LogP) is 5.10. The first-order chi connectivity index (χ1) is 11.2. The number of fused-ring (bicyclic) bond motifs is 1. The molecule has 4 heteroatoms. The van der Waals surface area contributed by atoms with E-state index in [4.69, 9.17) is 0 Å². The second kappa shape index (κ2) is 6.89. The van der Waals surface area contributed by atoms with E-state index in [0.29, 0.717) is 6.54 Å². The second-order valence-electron chi connectivity index (χ2n) is 5.18. The maximum atomic E-state index is 12.8. The highest BCUT2D eigenvalue weighted by Crippen LogP contribution is 2.25. The molecule has 0 aliphatic heterocycles. The number of aromatic amines is 1. The van der Waals surface area contributed by atoms with E-state index >= 15 is 0 Å². The van der Waals surface area contributed by atoms with Crippen molar-refractivity contribution in [3.63, 3.8) is 0 Å². The van der Waals surface area contributed by atoms with E-state index in [-0.39, 0.29) is 5.82 Å². The molecule has 0 spiro atoms. The van der Waals surface area contributed by atoms with Gasteiger partial charge >= 0.3 is 0 Å². The minimum Gasteiger partial charge on any atom is -0.374 e. The Balaban J connectivity index is 1.78. The summed E-state index contributed by atoms with van der Waals surface area (Å²) in [5.41, 5.74) is 4.15. The van der Waals surface area contributed by atoms with Crippen molar-refractivity contribution in [3.05, 3.63) is 64.0 Å². The van der Waals surface area contributed by atoms with Crippen molar-refractivity contribution in [2.24, 2.45) is 0 Å². The van der Waals surface area contributed by atoms with E-state index in [1.165, 1.54) is 23.1 Å². The number of hydrogen-bond acceptors (Lipinski definition) is 1. The minimum absolute atomic E-state index is 0.238. The van der Waals surface area contributed by atoms with Crippen LogP contribution < -0.4 is 5.32 Å². The van der Waals surface area contributed by atoms with Crippen LogP contribution in [0.15, 0.2) is 46.9 Å². The molecule has 23 heavy (non-hydrogen) atoms. The lowest BCUT2D eigenvalue weighted by molar-refractivity contribution is 0.628. The lowest BCUT2D eigenvalue weighted by atomic mass is 10.1. The highest BCUT2D eigenvalue weighted by atomic mass is 79.9. The van der Waals surface area contributed by atoms with Gasteiger partial charge in [0.05, 0.1) is 12.2 Å². The Morgan fingerprint density at radius 2 is 1.96 bits per heavy atom. The number of H-pyrrole nitrogens is 1. The Kier molecular flexibility index (Phi) is 4.68. The molecule has 116 valence electrons. The second-order valence-corrected chi connectivity index (χ2v) is 6.10. The van der Waals surface area contributed by atoms with Crippen LogP contribution in [0.1, 0.15) is 18.2 Å². The van der Waals surface area contributed by atoms with Crippen LogP contribution in [0.2, 0.25) is 0 Å². The highest BCUT2D eigenvalue weighted by molar-refractivity contribution is 9.10. The maximum absolute atomic E-state index is 12.8. The van der Waals surface area contributed by atoms with Crippen molar-refractivity contribution < 1.29 is 4.39 Å². The number of anilines is 1. The van der Waals surface area contributed by atoms with Gasteiger partial charge in [-0.3, -0.25) is 0 Å². The lowest BCUT2D eigenvalue weighted by Crippen LogP contribution is -1.98. The molecule has 2 aromatic carbocycles. The first-order valence-electron chi connectivity index (χ1n) is 7.46. The molecule has 0 bridgehead atoms. The third kappa shape index (κ3) is 3.57. The summed E-state index contributed by atoms with van der Waals surface area (Å²) >= 11 is 3.51. The zero-order chi connectivity index (χ0) is 16.2. The molecule has 2 nitrogen and oxygen atoms in total. The number of halogens is 2. The van der Waals surface area contributed by atoms with Crippen LogP contribution in [-0.2, 0) is 6.42 Å². The van der Waals surface area contributed by atoms with Crippen LogP contribution in [0, 0.1) is 17.7 Å². The Labute approximate surface area is 143 Å². The van der Waals surface area contributed by atoms with Crippen molar-refractivity contribution in [2.45, 2.75) is 13.3 Å². The lowest BCUT2D eigenvalue weighted by Gasteiger charge is -2.00. The standard InChI is InChI=1S/C19H16BrFN2/c1-2-16-17-12-13(20)5-10-19(17)23-18(16)4-3-11-22-15-8-6-14(21)7-9-15/h5-10,12,22-23H,2,11H2,1H3. The summed E-state index contributed by atoms with van der Waals surface area (Å²) in [5, 5.41) is 4.37. The van der Waals surface area contributed by atoms with Crippen LogP contribution in [0.5, 0.6) is 0 Å². The van der Waals surface area contributed by atoms with E-state index in [0.717, 1.165) is 27.8 Å². The number of aromatic nitrogens is 1. The van der Waals surface area contributed by atoms with Gasteiger partial charge in [0, 0.05) is 21.1 Å². The molecule has 1 heterocycles. The van der Waals surface area contributed by atoms with E-state index in [2.05, 4.69) is 57.1 Å². The fraction of sp³-hybridized carbons (Fsp3) is 0.158. The summed E-state index contributed by atoms with van der Waals surface area (Å²) in [6, 6.07) is 12.5. The molecule has 0 unspecified atom stereocenters. The van der Waals surface area contributed by atoms with Crippen LogP contribution in [0.3, 0.4) is 0 Å². The first kappa shape index (κ1) is 15.6. The average molecular weight is 371 g/mol. The Hall–Kier alpha value is -2.25. The largest absolute Gasteiger partial charge is 0.374 e. The van der Waals surface area contributed by atoms with Gasteiger partial charge in [0.15, 0.2) is 0 Å². The van der Waals surface area contributed by atoms with Gasteiger partial charge < -0.3 is 10.3 Å². The number of rotatable bonds is 3. The predicted molar refractivity (Wildman–Crippen MR) is 97.1 cm³/mol. The van der Waals surface area contributed by atoms with E-state index < -0.39 is 0 Å². The van der Waals surface area contributed by atoms with Gasteiger partial charge in [-0.05, 0) is 60.4 Å². The van der Waals surface area contributed by atoms with E-state index in [1.807, 2.05) is 6.07 Å². The van der Waals surface area contributed by atoms with Crippen molar-refractivity contribution in [2.75, 3.05) is 11.9 Å². The van der Waals surface area contributed by atoms with Crippen molar-refractivity contribution in [1.29, 1.82) is 0 Å². The summed E-state index contributed by atoms with van der Waals surface area (Å²) < 4.78 is 13.9. The van der Waals surface area contributed by atoms with Crippen LogP contribution >= 0.6 is 15.9 Å². The third-order valence-corrected chi connectivity index (χ3v) is 4.15. The molecular weight excluding hydrogens is 355 g/mol. The van der Waals surface area contributed by atoms with Crippen LogP contribution in [0.4, 0.5) is 10.1 Å². The normalized spacial score (nSPS) is 10.4. The number of hydrogen-bond donors (Lipinski definition) is 2. The monoisotopic (exact) mass is 370 g/mol. The Bertz CT molecular complexity index is 885.